The Balaban J connectivity index is 0.00000210. The maximum absolute atomic E-state index is 12.6. The third-order valence-electron chi connectivity index (χ3n) is 4.80. The van der Waals surface area contributed by atoms with Crippen molar-refractivity contribution in [1.29, 1.82) is 0 Å². The molecule has 1 aliphatic heterocycles. The van der Waals surface area contributed by atoms with Gasteiger partial charge in [-0.25, -0.2) is 0 Å². The molecular weight excluding hydrogens is 413 g/mol. The predicted molar refractivity (Wildman–Crippen MR) is 118 cm³/mol. The number of benzene rings is 1. The molecule has 1 amide bonds. The minimum absolute atomic E-state index is 0. The van der Waals surface area contributed by atoms with E-state index < -0.39 is 6.04 Å². The smallest absolute Gasteiger partial charge is 0.242 e. The molecule has 1 fully saturated rings. The van der Waals surface area contributed by atoms with Gasteiger partial charge in [0.2, 0.25) is 5.91 Å². The molecule has 0 radical (unpaired) electrons. The summed E-state index contributed by atoms with van der Waals surface area (Å²) in [5.74, 6) is -0.0575. The average Bonchev–Trinajstić information content (AvgIpc) is 3.07. The highest BCUT2D eigenvalue weighted by Crippen LogP contribution is 2.14. The molecule has 3 rings (SSSR count). The van der Waals surface area contributed by atoms with Gasteiger partial charge in [0.05, 0.1) is 18.9 Å². The van der Waals surface area contributed by atoms with Gasteiger partial charge in [0.1, 0.15) is 6.04 Å². The van der Waals surface area contributed by atoms with Crippen LogP contribution in [0, 0.1) is 0 Å². The van der Waals surface area contributed by atoms with Gasteiger partial charge in [0.25, 0.3) is 0 Å². The minimum atomic E-state index is -0.406. The van der Waals surface area contributed by atoms with Gasteiger partial charge in [0, 0.05) is 45.0 Å². The second-order valence-electron chi connectivity index (χ2n) is 7.12. The van der Waals surface area contributed by atoms with Crippen LogP contribution in [0.15, 0.2) is 36.7 Å². The summed E-state index contributed by atoms with van der Waals surface area (Å²) < 4.78 is 7.30. The Bertz CT molecular complexity index is 771. The zero-order valence-corrected chi connectivity index (χ0v) is 18.8. The molecule has 0 spiro atoms. The molecule has 2 heterocycles. The van der Waals surface area contributed by atoms with E-state index in [4.69, 9.17) is 4.74 Å². The van der Waals surface area contributed by atoms with Crippen molar-refractivity contribution in [3.63, 3.8) is 0 Å². The summed E-state index contributed by atoms with van der Waals surface area (Å²) in [4.78, 5) is 15.0. The third kappa shape index (κ3) is 7.28. The standard InChI is InChI=1S/C20H29N5O2.2ClH/c1-15-12-25(7-8-27-15)13-17-6-4-5-16(9-17)10-22-20(26)19(21-2)18-11-23-24(3)14-18;;/h4-6,9,11,14-15,19,21H,7-8,10,12-13H2,1-3H3,(H,22,26);2*1H. The SMILES string of the molecule is CNC(C(=O)NCc1cccc(CN2CCOC(C)C2)c1)c1cnn(C)c1.Cl.Cl. The topological polar surface area (TPSA) is 71.4 Å². The van der Waals surface area contributed by atoms with Crippen molar-refractivity contribution < 1.29 is 9.53 Å². The van der Waals surface area contributed by atoms with E-state index >= 15 is 0 Å². The molecular formula is C20H31Cl2N5O2. The lowest BCUT2D eigenvalue weighted by Gasteiger charge is -2.31. The van der Waals surface area contributed by atoms with Gasteiger partial charge in [0.15, 0.2) is 0 Å². The van der Waals surface area contributed by atoms with Crippen LogP contribution in [0.2, 0.25) is 0 Å². The zero-order chi connectivity index (χ0) is 19.2. The fraction of sp³-hybridized carbons (Fsp3) is 0.500. The van der Waals surface area contributed by atoms with E-state index in [0.717, 1.165) is 37.4 Å². The average molecular weight is 444 g/mol. The number of hydrogen-bond donors (Lipinski definition) is 2. The highest BCUT2D eigenvalue weighted by molar-refractivity contribution is 5.85. The van der Waals surface area contributed by atoms with E-state index in [1.54, 1.807) is 17.9 Å². The molecule has 2 unspecified atom stereocenters. The van der Waals surface area contributed by atoms with E-state index in [9.17, 15) is 4.79 Å². The summed E-state index contributed by atoms with van der Waals surface area (Å²) in [5.41, 5.74) is 3.21. The van der Waals surface area contributed by atoms with Gasteiger partial charge < -0.3 is 15.4 Å². The van der Waals surface area contributed by atoms with Crippen LogP contribution in [0.4, 0.5) is 0 Å². The lowest BCUT2D eigenvalue weighted by atomic mass is 10.1. The number of likely N-dealkylation sites (N-methyl/N-ethyl adjacent to an activating group) is 1. The molecule has 0 saturated carbocycles. The zero-order valence-electron chi connectivity index (χ0n) is 17.1. The first kappa shape index (κ1) is 25.4. The maximum Gasteiger partial charge on any atom is 0.242 e. The van der Waals surface area contributed by atoms with Crippen LogP contribution in [0.25, 0.3) is 0 Å². The lowest BCUT2D eigenvalue weighted by Crippen LogP contribution is -2.40. The Kier molecular flexibility index (Phi) is 10.6. The molecule has 1 saturated heterocycles. The number of hydrogen-bond acceptors (Lipinski definition) is 5. The van der Waals surface area contributed by atoms with Gasteiger partial charge >= 0.3 is 0 Å². The number of nitrogens with one attached hydrogen (secondary N) is 2. The quantitative estimate of drug-likeness (QED) is 0.684. The highest BCUT2D eigenvalue weighted by Gasteiger charge is 2.20. The van der Waals surface area contributed by atoms with Crippen molar-refractivity contribution in [3.05, 3.63) is 53.3 Å². The van der Waals surface area contributed by atoms with Crippen LogP contribution >= 0.6 is 24.8 Å². The number of nitrogens with zero attached hydrogens (tertiary/aromatic N) is 3. The van der Waals surface area contributed by atoms with Crippen molar-refractivity contribution in [3.8, 4) is 0 Å². The third-order valence-corrected chi connectivity index (χ3v) is 4.80. The molecule has 2 aromatic rings. The maximum atomic E-state index is 12.6. The van der Waals surface area contributed by atoms with Crippen molar-refractivity contribution in [2.75, 3.05) is 26.7 Å². The Morgan fingerprint density at radius 1 is 1.34 bits per heavy atom. The molecule has 1 aromatic carbocycles. The van der Waals surface area contributed by atoms with Crippen LogP contribution in [0.1, 0.15) is 29.7 Å². The number of carbonyl (C=O) groups is 1. The summed E-state index contributed by atoms with van der Waals surface area (Å²) >= 11 is 0. The van der Waals surface area contributed by atoms with Crippen LogP contribution in [-0.4, -0.2) is 53.4 Å². The van der Waals surface area contributed by atoms with Crippen molar-refractivity contribution in [2.45, 2.75) is 32.2 Å². The summed E-state index contributed by atoms with van der Waals surface area (Å²) in [6, 6.07) is 7.99. The van der Waals surface area contributed by atoms with Crippen molar-refractivity contribution in [1.82, 2.24) is 25.3 Å². The number of rotatable bonds is 7. The fourth-order valence-electron chi connectivity index (χ4n) is 3.46. The van der Waals surface area contributed by atoms with Crippen LogP contribution in [-0.2, 0) is 29.7 Å². The molecule has 0 aliphatic carbocycles. The number of aryl methyl sites for hydroxylation is 1. The molecule has 162 valence electrons. The summed E-state index contributed by atoms with van der Waals surface area (Å²) in [7, 11) is 3.62. The number of halogens is 2. The molecule has 1 aromatic heterocycles. The molecule has 29 heavy (non-hydrogen) atoms. The number of amides is 1. The van der Waals surface area contributed by atoms with Crippen LogP contribution in [0.5, 0.6) is 0 Å². The first-order valence-electron chi connectivity index (χ1n) is 9.40. The first-order chi connectivity index (χ1) is 13.0. The van der Waals surface area contributed by atoms with Gasteiger partial charge in [-0.3, -0.25) is 14.4 Å². The van der Waals surface area contributed by atoms with E-state index in [0.29, 0.717) is 6.54 Å². The molecule has 7 nitrogen and oxygen atoms in total. The highest BCUT2D eigenvalue weighted by atomic mass is 35.5. The number of aromatic nitrogens is 2. The Morgan fingerprint density at radius 3 is 2.76 bits per heavy atom. The second kappa shape index (κ2) is 12.1. The van der Waals surface area contributed by atoms with Gasteiger partial charge in [-0.15, -0.1) is 24.8 Å². The van der Waals surface area contributed by atoms with Gasteiger partial charge in [-0.05, 0) is 25.1 Å². The summed E-state index contributed by atoms with van der Waals surface area (Å²) in [6.07, 6.45) is 3.85. The van der Waals surface area contributed by atoms with Gasteiger partial charge in [-0.2, -0.15) is 5.10 Å². The Labute approximate surface area is 185 Å². The van der Waals surface area contributed by atoms with E-state index in [1.807, 2.05) is 19.3 Å². The Hall–Kier alpha value is -1.64. The van der Waals surface area contributed by atoms with Crippen LogP contribution < -0.4 is 10.6 Å². The number of ether oxygens (including phenoxy) is 1. The normalized spacial score (nSPS) is 17.7. The first-order valence-corrected chi connectivity index (χ1v) is 9.40. The number of morpholine rings is 1. The molecule has 0 bridgehead atoms. The lowest BCUT2D eigenvalue weighted by molar-refractivity contribution is -0.123. The van der Waals surface area contributed by atoms with Crippen LogP contribution in [0.3, 0.4) is 0 Å². The predicted octanol–water partition coefficient (Wildman–Crippen LogP) is 2.06. The van der Waals surface area contributed by atoms with E-state index in [-0.39, 0.29) is 36.8 Å². The fourth-order valence-corrected chi connectivity index (χ4v) is 3.46. The molecule has 9 heteroatoms. The largest absolute Gasteiger partial charge is 0.376 e. The molecule has 1 aliphatic rings. The van der Waals surface area contributed by atoms with Crippen molar-refractivity contribution in [2.24, 2.45) is 7.05 Å². The Morgan fingerprint density at radius 2 is 2.10 bits per heavy atom. The monoisotopic (exact) mass is 443 g/mol. The molecule has 2 N–H and O–H groups in total. The number of carbonyl (C=O) groups excluding carboxylic acids is 1. The molecule has 2 atom stereocenters. The van der Waals surface area contributed by atoms with Crippen molar-refractivity contribution >= 4 is 30.7 Å². The second-order valence-corrected chi connectivity index (χ2v) is 7.12. The van der Waals surface area contributed by atoms with E-state index in [2.05, 4.69) is 45.8 Å². The van der Waals surface area contributed by atoms with E-state index in [1.165, 1.54) is 5.56 Å². The summed E-state index contributed by atoms with van der Waals surface area (Å²) in [6.45, 7) is 6.22. The summed E-state index contributed by atoms with van der Waals surface area (Å²) in [5, 5.41) is 10.2. The minimum Gasteiger partial charge on any atom is -0.376 e. The van der Waals surface area contributed by atoms with Gasteiger partial charge in [-0.1, -0.05) is 24.3 Å².